The molecule has 0 unspecified atom stereocenters. The van der Waals surface area contributed by atoms with Gasteiger partial charge in [0.1, 0.15) is 0 Å². The molecule has 1 heteroatoms. The van der Waals surface area contributed by atoms with Gasteiger partial charge in [-0.3, -0.25) is 0 Å². The Morgan fingerprint density at radius 1 is 0.488 bits per heavy atom. The predicted octanol–water partition coefficient (Wildman–Crippen LogP) is 11.8. The van der Waals surface area contributed by atoms with Crippen LogP contribution in [-0.4, -0.2) is 0 Å². The van der Waals surface area contributed by atoms with Gasteiger partial charge >= 0.3 is 0 Å². The lowest BCUT2D eigenvalue weighted by Gasteiger charge is -2.22. The standard InChI is InChI=1S/C29H24S.C11H10/c1-17-15-26-24(20-9-5-7-11-25(20)29(26,3)4)16-23(17)19-13-14-22-21-10-6-8-12-27(21)30-28(22)18(19)2;1-9-5-4-7-10-6-2-3-8-11(9)10/h5-16H,1-4H3;2-8H,1H3. The van der Waals surface area contributed by atoms with Gasteiger partial charge in [0.05, 0.1) is 0 Å². The van der Waals surface area contributed by atoms with Crippen molar-refractivity contribution in [3.05, 3.63) is 143 Å². The van der Waals surface area contributed by atoms with Gasteiger partial charge in [-0.15, -0.1) is 11.3 Å². The van der Waals surface area contributed by atoms with Crippen LogP contribution >= 0.6 is 11.3 Å². The highest BCUT2D eigenvalue weighted by Crippen LogP contribution is 2.51. The smallest absolute Gasteiger partial charge is 0.0390 e. The average Bonchev–Trinajstić information content (AvgIpc) is 3.47. The van der Waals surface area contributed by atoms with Gasteiger partial charge in [-0.2, -0.15) is 0 Å². The second kappa shape index (κ2) is 9.72. The topological polar surface area (TPSA) is 0 Å². The number of aryl methyl sites for hydroxylation is 3. The van der Waals surface area contributed by atoms with E-state index in [1.165, 1.54) is 81.0 Å². The number of hydrogen-bond donors (Lipinski definition) is 0. The summed E-state index contributed by atoms with van der Waals surface area (Å²) in [6.45, 7) is 11.4. The summed E-state index contributed by atoms with van der Waals surface area (Å²) in [7, 11) is 0. The van der Waals surface area contributed by atoms with Crippen LogP contribution in [0.25, 0.3) is 53.2 Å². The molecule has 1 aliphatic rings. The quantitative estimate of drug-likeness (QED) is 0.192. The van der Waals surface area contributed by atoms with Crippen LogP contribution in [-0.2, 0) is 5.41 Å². The summed E-state index contributed by atoms with van der Waals surface area (Å²) in [6.07, 6.45) is 0. The molecule has 1 aliphatic carbocycles. The molecule has 0 amide bonds. The second-order valence-electron chi connectivity index (χ2n) is 11.9. The first-order valence-electron chi connectivity index (χ1n) is 14.4. The van der Waals surface area contributed by atoms with E-state index >= 15 is 0 Å². The Kier molecular flexibility index (Phi) is 6.10. The minimum absolute atomic E-state index is 0.0553. The molecule has 6 aromatic carbocycles. The molecule has 0 saturated carbocycles. The number of fused-ring (bicyclic) bond motifs is 7. The van der Waals surface area contributed by atoms with Gasteiger partial charge in [0.15, 0.2) is 0 Å². The van der Waals surface area contributed by atoms with Gasteiger partial charge < -0.3 is 0 Å². The zero-order chi connectivity index (χ0) is 28.3. The fourth-order valence-corrected chi connectivity index (χ4v) is 7.95. The van der Waals surface area contributed by atoms with Crippen LogP contribution in [0.1, 0.15) is 41.7 Å². The summed E-state index contributed by atoms with van der Waals surface area (Å²) in [4.78, 5) is 0. The van der Waals surface area contributed by atoms with Crippen LogP contribution in [0.2, 0.25) is 0 Å². The first-order valence-corrected chi connectivity index (χ1v) is 15.3. The fraction of sp³-hybridized carbons (Fsp3) is 0.150. The molecule has 0 saturated heterocycles. The van der Waals surface area contributed by atoms with Crippen LogP contribution < -0.4 is 0 Å². The lowest BCUT2D eigenvalue weighted by atomic mass is 9.81. The highest BCUT2D eigenvalue weighted by Gasteiger charge is 2.35. The molecule has 1 heterocycles. The number of benzene rings is 6. The Labute approximate surface area is 246 Å². The monoisotopic (exact) mass is 546 g/mol. The van der Waals surface area contributed by atoms with Gasteiger partial charge in [-0.05, 0) is 93.7 Å². The fourth-order valence-electron chi connectivity index (χ4n) is 6.75. The zero-order valence-electron chi connectivity index (χ0n) is 24.4. The van der Waals surface area contributed by atoms with Crippen LogP contribution in [0.15, 0.2) is 115 Å². The summed E-state index contributed by atoms with van der Waals surface area (Å²) in [5.74, 6) is 0. The lowest BCUT2D eigenvalue weighted by molar-refractivity contribution is 0.660. The molecule has 200 valence electrons. The van der Waals surface area contributed by atoms with E-state index in [0.29, 0.717) is 0 Å². The Balaban J connectivity index is 0.000000210. The van der Waals surface area contributed by atoms with Crippen molar-refractivity contribution in [2.24, 2.45) is 0 Å². The number of rotatable bonds is 1. The highest BCUT2D eigenvalue weighted by molar-refractivity contribution is 7.26. The molecule has 0 nitrogen and oxygen atoms in total. The van der Waals surface area contributed by atoms with Gasteiger partial charge in [0.2, 0.25) is 0 Å². The predicted molar refractivity (Wildman–Crippen MR) is 180 cm³/mol. The van der Waals surface area contributed by atoms with E-state index in [4.69, 9.17) is 0 Å². The van der Waals surface area contributed by atoms with E-state index in [2.05, 4.69) is 150 Å². The molecule has 0 spiro atoms. The first kappa shape index (κ1) is 25.7. The molecule has 0 N–H and O–H groups in total. The van der Waals surface area contributed by atoms with Crippen molar-refractivity contribution in [2.45, 2.75) is 40.0 Å². The van der Waals surface area contributed by atoms with Crippen molar-refractivity contribution in [3.63, 3.8) is 0 Å². The van der Waals surface area contributed by atoms with Gasteiger partial charge in [0.25, 0.3) is 0 Å². The molecule has 1 aromatic heterocycles. The third-order valence-corrected chi connectivity index (χ3v) is 10.3. The van der Waals surface area contributed by atoms with E-state index in [-0.39, 0.29) is 5.41 Å². The molecule has 0 fully saturated rings. The maximum Gasteiger partial charge on any atom is 0.0390 e. The van der Waals surface area contributed by atoms with Gasteiger partial charge in [-0.25, -0.2) is 0 Å². The molecule has 41 heavy (non-hydrogen) atoms. The molecule has 8 rings (SSSR count). The van der Waals surface area contributed by atoms with Gasteiger partial charge in [0, 0.05) is 25.6 Å². The molecule has 0 atom stereocenters. The van der Waals surface area contributed by atoms with Gasteiger partial charge in [-0.1, -0.05) is 117 Å². The lowest BCUT2D eigenvalue weighted by Crippen LogP contribution is -2.15. The summed E-state index contributed by atoms with van der Waals surface area (Å²) < 4.78 is 2.78. The summed E-state index contributed by atoms with van der Waals surface area (Å²) in [5.41, 5.74) is 12.5. The zero-order valence-corrected chi connectivity index (χ0v) is 25.2. The molecule has 0 aliphatic heterocycles. The van der Waals surface area contributed by atoms with Crippen molar-refractivity contribution in [3.8, 4) is 22.3 Å². The largest absolute Gasteiger partial charge is 0.135 e. The first-order chi connectivity index (χ1) is 19.8. The van der Waals surface area contributed by atoms with E-state index in [9.17, 15) is 0 Å². The van der Waals surface area contributed by atoms with Crippen molar-refractivity contribution in [2.75, 3.05) is 0 Å². The van der Waals surface area contributed by atoms with E-state index < -0.39 is 0 Å². The van der Waals surface area contributed by atoms with E-state index in [1.54, 1.807) is 0 Å². The molecule has 7 aromatic rings. The molecular formula is C40H34S. The van der Waals surface area contributed by atoms with Crippen molar-refractivity contribution >= 4 is 42.3 Å². The maximum atomic E-state index is 2.44. The van der Waals surface area contributed by atoms with E-state index in [1.807, 2.05) is 11.3 Å². The Morgan fingerprint density at radius 2 is 1.20 bits per heavy atom. The van der Waals surface area contributed by atoms with Crippen LogP contribution in [0, 0.1) is 20.8 Å². The Bertz CT molecular complexity index is 2100. The minimum atomic E-state index is 0.0553. The van der Waals surface area contributed by atoms with E-state index in [0.717, 1.165) is 0 Å². The Hall–Kier alpha value is -4.20. The summed E-state index contributed by atoms with van der Waals surface area (Å²) >= 11 is 1.92. The van der Waals surface area contributed by atoms with Crippen molar-refractivity contribution in [1.82, 2.24) is 0 Å². The second-order valence-corrected chi connectivity index (χ2v) is 12.9. The normalized spacial score (nSPS) is 13.2. The average molecular weight is 547 g/mol. The summed E-state index contributed by atoms with van der Waals surface area (Å²) in [5, 5.41) is 5.43. The number of thiophene rings is 1. The third-order valence-electron chi connectivity index (χ3n) is 9.02. The molecular weight excluding hydrogens is 513 g/mol. The SMILES string of the molecule is Cc1cc2c(cc1-c1ccc3c(sc4ccccc43)c1C)-c1ccccc1C2(C)C.Cc1cccc2ccccc12. The van der Waals surface area contributed by atoms with Crippen molar-refractivity contribution < 1.29 is 0 Å². The minimum Gasteiger partial charge on any atom is -0.135 e. The number of hydrogen-bond acceptors (Lipinski definition) is 1. The summed E-state index contributed by atoms with van der Waals surface area (Å²) in [6, 6.07) is 42.0. The third kappa shape index (κ3) is 4.11. The Morgan fingerprint density at radius 3 is 2.02 bits per heavy atom. The maximum absolute atomic E-state index is 2.44. The van der Waals surface area contributed by atoms with Crippen LogP contribution in [0.5, 0.6) is 0 Å². The highest BCUT2D eigenvalue weighted by atomic mass is 32.1. The molecule has 0 radical (unpaired) electrons. The van der Waals surface area contributed by atoms with Crippen LogP contribution in [0.3, 0.4) is 0 Å². The van der Waals surface area contributed by atoms with Crippen LogP contribution in [0.4, 0.5) is 0 Å². The molecule has 0 bridgehead atoms. The van der Waals surface area contributed by atoms with Crippen molar-refractivity contribution in [1.29, 1.82) is 0 Å².